The molecule has 2 aromatic rings. The molecule has 14 nitrogen and oxygen atoms in total. The van der Waals surface area contributed by atoms with Gasteiger partial charge in [0.2, 0.25) is 29.5 Å². The van der Waals surface area contributed by atoms with E-state index in [0.717, 1.165) is 10.9 Å². The van der Waals surface area contributed by atoms with Crippen LogP contribution in [-0.4, -0.2) is 75.5 Å². The van der Waals surface area contributed by atoms with Gasteiger partial charge in [0.1, 0.15) is 18.1 Å². The van der Waals surface area contributed by atoms with Crippen LogP contribution in [0.25, 0.3) is 10.9 Å². The number of para-hydroxylation sites is 1. The van der Waals surface area contributed by atoms with Crippen LogP contribution in [0.4, 0.5) is 0 Å². The number of carboxylic acid groups (broad SMARTS) is 1. The molecule has 11 N–H and O–H groups in total. The number of hydrogen-bond donors (Lipinski definition) is 9. The quantitative estimate of drug-likeness (QED) is 0.103. The first-order valence-corrected chi connectivity index (χ1v) is 12.7. The summed E-state index contributed by atoms with van der Waals surface area (Å²) in [5.41, 5.74) is 17.4. The number of aliphatic carboxylic acids is 1. The highest BCUT2D eigenvalue weighted by Crippen LogP contribution is 2.19. The summed E-state index contributed by atoms with van der Waals surface area (Å²) in [6.07, 6.45) is 0.617. The lowest BCUT2D eigenvalue weighted by Gasteiger charge is -2.25. The Morgan fingerprint density at radius 1 is 0.846 bits per heavy atom. The molecule has 0 spiro atoms. The highest BCUT2D eigenvalue weighted by molar-refractivity contribution is 7.80. The zero-order chi connectivity index (χ0) is 29.1. The van der Waals surface area contributed by atoms with E-state index in [2.05, 4.69) is 33.6 Å². The van der Waals surface area contributed by atoms with Crippen molar-refractivity contribution in [3.8, 4) is 0 Å². The smallest absolute Gasteiger partial charge is 0.326 e. The lowest BCUT2D eigenvalue weighted by atomic mass is 10.0. The van der Waals surface area contributed by atoms with Gasteiger partial charge in [0.15, 0.2) is 0 Å². The Hall–Kier alpha value is -4.11. The molecule has 5 amide bonds. The van der Waals surface area contributed by atoms with Crippen LogP contribution >= 0.6 is 12.6 Å². The number of amides is 5. The topological polar surface area (TPSA) is 253 Å². The number of thiol groups is 1. The Morgan fingerprint density at radius 3 is 1.97 bits per heavy atom. The van der Waals surface area contributed by atoms with Gasteiger partial charge in [-0.05, 0) is 24.5 Å². The summed E-state index contributed by atoms with van der Waals surface area (Å²) >= 11 is 3.96. The first kappa shape index (κ1) is 31.1. The van der Waals surface area contributed by atoms with Crippen molar-refractivity contribution in [1.29, 1.82) is 0 Å². The number of aromatic amines is 1. The maximum Gasteiger partial charge on any atom is 0.326 e. The molecule has 0 aliphatic heterocycles. The number of rotatable bonds is 16. The Kier molecular flexibility index (Phi) is 11.7. The molecule has 4 unspecified atom stereocenters. The molecule has 39 heavy (non-hydrogen) atoms. The molecule has 0 radical (unpaired) electrons. The first-order valence-electron chi connectivity index (χ1n) is 12.0. The minimum Gasteiger partial charge on any atom is -0.480 e. The minimum atomic E-state index is -1.45. The highest BCUT2D eigenvalue weighted by Gasteiger charge is 2.31. The number of carbonyl (C=O) groups is 6. The summed E-state index contributed by atoms with van der Waals surface area (Å²) in [7, 11) is 0. The SMILES string of the molecule is NC(=O)CCC(NC(=O)C(Cc1c[nH]c2ccccc12)NC(=O)C(CCC(N)=O)NC(=O)C(N)CS)C(=O)O. The Labute approximate surface area is 229 Å². The van der Waals surface area contributed by atoms with E-state index in [1.807, 2.05) is 12.1 Å². The fourth-order valence-electron chi connectivity index (χ4n) is 3.74. The summed E-state index contributed by atoms with van der Waals surface area (Å²) in [6, 6.07) is 2.15. The third kappa shape index (κ3) is 9.61. The van der Waals surface area contributed by atoms with Crippen molar-refractivity contribution >= 4 is 59.0 Å². The molecule has 4 atom stereocenters. The van der Waals surface area contributed by atoms with Crippen molar-refractivity contribution in [2.75, 3.05) is 5.75 Å². The van der Waals surface area contributed by atoms with Gasteiger partial charge in [-0.3, -0.25) is 24.0 Å². The molecule has 0 saturated carbocycles. The Balaban J connectivity index is 2.33. The van der Waals surface area contributed by atoms with E-state index < -0.39 is 59.7 Å². The number of carboxylic acids is 1. The van der Waals surface area contributed by atoms with E-state index in [1.54, 1.807) is 18.3 Å². The average Bonchev–Trinajstić information content (AvgIpc) is 3.29. The summed E-state index contributed by atoms with van der Waals surface area (Å²) < 4.78 is 0. The summed E-state index contributed by atoms with van der Waals surface area (Å²) in [6.45, 7) is 0. The van der Waals surface area contributed by atoms with E-state index in [9.17, 15) is 33.9 Å². The van der Waals surface area contributed by atoms with Crippen molar-refractivity contribution in [2.45, 2.75) is 56.3 Å². The van der Waals surface area contributed by atoms with Crippen LogP contribution in [0.2, 0.25) is 0 Å². The fraction of sp³-hybridized carbons (Fsp3) is 0.417. The molecule has 15 heteroatoms. The number of H-pyrrole nitrogens is 1. The first-order chi connectivity index (χ1) is 18.4. The number of fused-ring (bicyclic) bond motifs is 1. The van der Waals surface area contributed by atoms with Crippen LogP contribution in [0.1, 0.15) is 31.2 Å². The summed E-state index contributed by atoms with van der Waals surface area (Å²) in [4.78, 5) is 76.1. The van der Waals surface area contributed by atoms with E-state index in [1.165, 1.54) is 0 Å². The molecule has 0 saturated heterocycles. The standard InChI is InChI=1S/C24H33N7O7S/c25-14(11-39)21(34)29-16(5-7-19(26)32)22(35)31-18(9-12-10-28-15-4-2-1-3-13(12)15)23(36)30-17(24(37)38)6-8-20(27)33/h1-4,10,14,16-18,28,39H,5-9,11,25H2,(H2,26,32)(H2,27,33)(H,29,34)(H,30,36)(H,31,35)(H,37,38). The molecular formula is C24H33N7O7S. The second-order valence-electron chi connectivity index (χ2n) is 8.88. The maximum atomic E-state index is 13.3. The third-order valence-electron chi connectivity index (χ3n) is 5.87. The molecule has 0 fully saturated rings. The molecular weight excluding hydrogens is 530 g/mol. The predicted molar refractivity (Wildman–Crippen MR) is 144 cm³/mol. The summed E-state index contributed by atoms with van der Waals surface area (Å²) in [5.74, 6) is -5.24. The number of hydrogen-bond acceptors (Lipinski definition) is 8. The zero-order valence-corrected chi connectivity index (χ0v) is 21.9. The van der Waals surface area contributed by atoms with Gasteiger partial charge in [-0.2, -0.15) is 12.6 Å². The maximum absolute atomic E-state index is 13.3. The number of primary amides is 2. The van der Waals surface area contributed by atoms with Gasteiger partial charge in [-0.1, -0.05) is 18.2 Å². The van der Waals surface area contributed by atoms with Crippen molar-refractivity contribution in [1.82, 2.24) is 20.9 Å². The molecule has 2 rings (SSSR count). The van der Waals surface area contributed by atoms with E-state index in [0.29, 0.717) is 5.56 Å². The van der Waals surface area contributed by atoms with Crippen molar-refractivity contribution in [3.63, 3.8) is 0 Å². The molecule has 1 aromatic carbocycles. The second-order valence-corrected chi connectivity index (χ2v) is 9.25. The predicted octanol–water partition coefficient (Wildman–Crippen LogP) is -1.96. The van der Waals surface area contributed by atoms with Crippen molar-refractivity contribution in [2.24, 2.45) is 17.2 Å². The van der Waals surface area contributed by atoms with Crippen LogP contribution < -0.4 is 33.2 Å². The normalized spacial score (nSPS) is 14.0. The molecule has 1 heterocycles. The number of carbonyl (C=O) groups excluding carboxylic acids is 5. The zero-order valence-electron chi connectivity index (χ0n) is 21.0. The van der Waals surface area contributed by atoms with Crippen LogP contribution in [-0.2, 0) is 35.2 Å². The Morgan fingerprint density at radius 2 is 1.38 bits per heavy atom. The Bertz CT molecular complexity index is 1220. The van der Waals surface area contributed by atoms with E-state index >= 15 is 0 Å². The number of benzene rings is 1. The van der Waals surface area contributed by atoms with Gasteiger partial charge in [-0.25, -0.2) is 4.79 Å². The van der Waals surface area contributed by atoms with Crippen LogP contribution in [0.3, 0.4) is 0 Å². The van der Waals surface area contributed by atoms with Gasteiger partial charge in [0.25, 0.3) is 0 Å². The number of aromatic nitrogens is 1. The lowest BCUT2D eigenvalue weighted by molar-refractivity contribution is -0.142. The van der Waals surface area contributed by atoms with E-state index in [4.69, 9.17) is 17.2 Å². The van der Waals surface area contributed by atoms with Gasteiger partial charge in [0.05, 0.1) is 6.04 Å². The van der Waals surface area contributed by atoms with Crippen LogP contribution in [0.15, 0.2) is 30.5 Å². The van der Waals surface area contributed by atoms with Gasteiger partial charge >= 0.3 is 5.97 Å². The third-order valence-corrected chi connectivity index (χ3v) is 6.27. The van der Waals surface area contributed by atoms with Gasteiger partial charge < -0.3 is 43.2 Å². The molecule has 212 valence electrons. The largest absolute Gasteiger partial charge is 0.480 e. The van der Waals surface area contributed by atoms with Crippen LogP contribution in [0, 0.1) is 0 Å². The molecule has 0 aliphatic carbocycles. The number of nitrogens with one attached hydrogen (secondary N) is 4. The average molecular weight is 564 g/mol. The van der Waals surface area contributed by atoms with Crippen molar-refractivity contribution in [3.05, 3.63) is 36.0 Å². The molecule has 0 bridgehead atoms. The van der Waals surface area contributed by atoms with Gasteiger partial charge in [-0.15, -0.1) is 0 Å². The van der Waals surface area contributed by atoms with Gasteiger partial charge in [0, 0.05) is 42.1 Å². The fourth-order valence-corrected chi connectivity index (χ4v) is 3.90. The monoisotopic (exact) mass is 563 g/mol. The van der Waals surface area contributed by atoms with Crippen molar-refractivity contribution < 1.29 is 33.9 Å². The lowest BCUT2D eigenvalue weighted by Crippen LogP contribution is -2.58. The van der Waals surface area contributed by atoms with E-state index in [-0.39, 0.29) is 37.9 Å². The van der Waals surface area contributed by atoms with Crippen LogP contribution in [0.5, 0.6) is 0 Å². The second kappa shape index (κ2) is 14.7. The molecule has 0 aliphatic rings. The number of nitrogens with two attached hydrogens (primary N) is 3. The minimum absolute atomic E-state index is 0.0105. The molecule has 1 aromatic heterocycles. The summed E-state index contributed by atoms with van der Waals surface area (Å²) in [5, 5.41) is 17.6. The highest BCUT2D eigenvalue weighted by atomic mass is 32.1.